The van der Waals surface area contributed by atoms with Gasteiger partial charge in [0.2, 0.25) is 0 Å². The van der Waals surface area contributed by atoms with Crippen molar-refractivity contribution in [2.24, 2.45) is 0 Å². The molecule has 1 heterocycles. The summed E-state index contributed by atoms with van der Waals surface area (Å²) >= 11 is 0. The number of likely N-dealkylation sites (N-methyl/N-ethyl adjacent to an activating group) is 1. The number of hydrogen-bond acceptors (Lipinski definition) is 3. The first kappa shape index (κ1) is 13.4. The van der Waals surface area contributed by atoms with E-state index in [-0.39, 0.29) is 0 Å². The smallest absolute Gasteiger partial charge is 0.118 e. The number of nitrogens with zero attached hydrogens (tertiary/aromatic N) is 1. The number of benzene rings is 1. The van der Waals surface area contributed by atoms with Gasteiger partial charge < -0.3 is 10.1 Å². The molecule has 1 aromatic rings. The van der Waals surface area contributed by atoms with Gasteiger partial charge in [-0.3, -0.25) is 4.90 Å². The highest BCUT2D eigenvalue weighted by Crippen LogP contribution is 2.16. The lowest BCUT2D eigenvalue weighted by molar-refractivity contribution is 0.194. The SMILES string of the molecule is COc1ccc(CC(C)N(C)C2CCNC2)cc1. The summed E-state index contributed by atoms with van der Waals surface area (Å²) in [6.45, 7) is 4.59. The molecule has 1 fully saturated rings. The summed E-state index contributed by atoms with van der Waals surface area (Å²) in [7, 11) is 3.95. The molecule has 2 atom stereocenters. The lowest BCUT2D eigenvalue weighted by Gasteiger charge is -2.30. The van der Waals surface area contributed by atoms with Gasteiger partial charge in [-0.1, -0.05) is 12.1 Å². The molecule has 0 aromatic heterocycles. The average Bonchev–Trinajstić information content (AvgIpc) is 2.92. The molecular weight excluding hydrogens is 224 g/mol. The fourth-order valence-electron chi connectivity index (χ4n) is 2.59. The molecule has 1 N–H and O–H groups in total. The molecule has 0 aliphatic carbocycles. The summed E-state index contributed by atoms with van der Waals surface area (Å²) in [6.07, 6.45) is 2.36. The zero-order valence-electron chi connectivity index (χ0n) is 11.6. The van der Waals surface area contributed by atoms with Gasteiger partial charge >= 0.3 is 0 Å². The molecule has 1 aliphatic heterocycles. The van der Waals surface area contributed by atoms with Crippen LogP contribution in [-0.4, -0.2) is 44.2 Å². The van der Waals surface area contributed by atoms with Gasteiger partial charge in [-0.25, -0.2) is 0 Å². The standard InChI is InChI=1S/C15H24N2O/c1-12(17(2)14-8-9-16-11-14)10-13-4-6-15(18-3)7-5-13/h4-7,12,14,16H,8-11H2,1-3H3. The molecule has 18 heavy (non-hydrogen) atoms. The fraction of sp³-hybridized carbons (Fsp3) is 0.600. The molecular formula is C15H24N2O. The minimum atomic E-state index is 0.572. The third-order valence-electron chi connectivity index (χ3n) is 4.00. The first-order chi connectivity index (χ1) is 8.70. The van der Waals surface area contributed by atoms with Crippen molar-refractivity contribution in [3.8, 4) is 5.75 Å². The largest absolute Gasteiger partial charge is 0.497 e. The van der Waals surface area contributed by atoms with Gasteiger partial charge in [0.05, 0.1) is 7.11 Å². The van der Waals surface area contributed by atoms with E-state index < -0.39 is 0 Å². The second-order valence-corrected chi connectivity index (χ2v) is 5.21. The Morgan fingerprint density at radius 1 is 1.39 bits per heavy atom. The lowest BCUT2D eigenvalue weighted by Crippen LogP contribution is -2.40. The van der Waals surface area contributed by atoms with E-state index in [1.165, 1.54) is 12.0 Å². The fourth-order valence-corrected chi connectivity index (χ4v) is 2.59. The van der Waals surface area contributed by atoms with Crippen molar-refractivity contribution < 1.29 is 4.74 Å². The van der Waals surface area contributed by atoms with E-state index in [0.717, 1.165) is 25.3 Å². The van der Waals surface area contributed by atoms with Crippen molar-refractivity contribution in [3.05, 3.63) is 29.8 Å². The average molecular weight is 248 g/mol. The molecule has 2 unspecified atom stereocenters. The monoisotopic (exact) mass is 248 g/mol. The van der Waals surface area contributed by atoms with E-state index in [1.807, 2.05) is 12.1 Å². The first-order valence-corrected chi connectivity index (χ1v) is 6.76. The quantitative estimate of drug-likeness (QED) is 0.861. The summed E-state index contributed by atoms with van der Waals surface area (Å²) < 4.78 is 5.18. The lowest BCUT2D eigenvalue weighted by atomic mass is 10.0. The molecule has 1 saturated heterocycles. The van der Waals surface area contributed by atoms with Gasteiger partial charge in [0.25, 0.3) is 0 Å². The molecule has 2 rings (SSSR count). The number of hydrogen-bond donors (Lipinski definition) is 1. The molecule has 1 aromatic carbocycles. The Labute approximate surface area is 110 Å². The van der Waals surface area contributed by atoms with E-state index in [1.54, 1.807) is 7.11 Å². The van der Waals surface area contributed by atoms with Crippen LogP contribution in [0.15, 0.2) is 24.3 Å². The van der Waals surface area contributed by atoms with Crippen LogP contribution in [0.1, 0.15) is 18.9 Å². The van der Waals surface area contributed by atoms with Crippen LogP contribution in [0.3, 0.4) is 0 Å². The van der Waals surface area contributed by atoms with E-state index in [9.17, 15) is 0 Å². The minimum Gasteiger partial charge on any atom is -0.497 e. The topological polar surface area (TPSA) is 24.5 Å². The summed E-state index contributed by atoms with van der Waals surface area (Å²) in [5.41, 5.74) is 1.38. The Bertz CT molecular complexity index is 357. The van der Waals surface area contributed by atoms with Crippen LogP contribution in [0, 0.1) is 0 Å². The maximum absolute atomic E-state index is 5.18. The van der Waals surface area contributed by atoms with Crippen molar-refractivity contribution in [3.63, 3.8) is 0 Å². The maximum Gasteiger partial charge on any atom is 0.118 e. The van der Waals surface area contributed by atoms with Gasteiger partial charge in [-0.05, 0) is 51.1 Å². The highest BCUT2D eigenvalue weighted by molar-refractivity contribution is 5.27. The minimum absolute atomic E-state index is 0.572. The zero-order chi connectivity index (χ0) is 13.0. The van der Waals surface area contributed by atoms with Crippen LogP contribution in [0.5, 0.6) is 5.75 Å². The molecule has 0 bridgehead atoms. The van der Waals surface area contributed by atoms with Crippen molar-refractivity contribution in [2.75, 3.05) is 27.2 Å². The van der Waals surface area contributed by atoms with E-state index in [0.29, 0.717) is 12.1 Å². The third kappa shape index (κ3) is 3.24. The second kappa shape index (κ2) is 6.21. The first-order valence-electron chi connectivity index (χ1n) is 6.76. The molecule has 0 amide bonds. The number of nitrogens with one attached hydrogen (secondary N) is 1. The summed E-state index contributed by atoms with van der Waals surface area (Å²) in [4.78, 5) is 2.50. The van der Waals surface area contributed by atoms with Crippen molar-refractivity contribution in [1.29, 1.82) is 0 Å². The molecule has 0 radical (unpaired) electrons. The predicted molar refractivity (Wildman–Crippen MR) is 75.2 cm³/mol. The summed E-state index contributed by atoms with van der Waals surface area (Å²) in [6, 6.07) is 9.67. The van der Waals surface area contributed by atoms with E-state index in [4.69, 9.17) is 4.74 Å². The van der Waals surface area contributed by atoms with Gasteiger partial charge in [0.15, 0.2) is 0 Å². The Kier molecular flexibility index (Phi) is 4.61. The van der Waals surface area contributed by atoms with Gasteiger partial charge in [0, 0.05) is 18.6 Å². The van der Waals surface area contributed by atoms with Crippen LogP contribution < -0.4 is 10.1 Å². The van der Waals surface area contributed by atoms with E-state index in [2.05, 4.69) is 36.3 Å². The highest BCUT2D eigenvalue weighted by atomic mass is 16.5. The summed E-state index contributed by atoms with van der Waals surface area (Å²) in [5.74, 6) is 0.930. The Balaban J connectivity index is 1.90. The van der Waals surface area contributed by atoms with Gasteiger partial charge in [-0.2, -0.15) is 0 Å². The predicted octanol–water partition coefficient (Wildman–Crippen LogP) is 1.92. The van der Waals surface area contributed by atoms with Crippen LogP contribution in [-0.2, 0) is 6.42 Å². The van der Waals surface area contributed by atoms with Gasteiger partial charge in [0.1, 0.15) is 5.75 Å². The molecule has 0 spiro atoms. The van der Waals surface area contributed by atoms with Crippen LogP contribution in [0.4, 0.5) is 0 Å². The van der Waals surface area contributed by atoms with Crippen molar-refractivity contribution in [2.45, 2.75) is 31.8 Å². The van der Waals surface area contributed by atoms with Gasteiger partial charge in [-0.15, -0.1) is 0 Å². The van der Waals surface area contributed by atoms with E-state index >= 15 is 0 Å². The number of ether oxygens (including phenoxy) is 1. The third-order valence-corrected chi connectivity index (χ3v) is 4.00. The summed E-state index contributed by atoms with van der Waals surface area (Å²) in [5, 5.41) is 3.43. The molecule has 3 nitrogen and oxygen atoms in total. The zero-order valence-corrected chi connectivity index (χ0v) is 11.6. The Morgan fingerprint density at radius 2 is 2.11 bits per heavy atom. The van der Waals surface area contributed by atoms with Crippen LogP contribution in [0.25, 0.3) is 0 Å². The number of rotatable bonds is 5. The van der Waals surface area contributed by atoms with Crippen molar-refractivity contribution in [1.82, 2.24) is 10.2 Å². The number of methoxy groups -OCH3 is 1. The highest BCUT2D eigenvalue weighted by Gasteiger charge is 2.22. The Morgan fingerprint density at radius 3 is 2.67 bits per heavy atom. The molecule has 100 valence electrons. The Hall–Kier alpha value is -1.06. The second-order valence-electron chi connectivity index (χ2n) is 5.21. The normalized spacial score (nSPS) is 21.2. The van der Waals surface area contributed by atoms with Crippen molar-refractivity contribution >= 4 is 0 Å². The van der Waals surface area contributed by atoms with Crippen LogP contribution >= 0.6 is 0 Å². The molecule has 3 heteroatoms. The molecule has 0 saturated carbocycles. The molecule has 1 aliphatic rings. The maximum atomic E-state index is 5.18. The van der Waals surface area contributed by atoms with Crippen LogP contribution in [0.2, 0.25) is 0 Å².